The molecular weight excluding hydrogens is 280 g/mol. The van der Waals surface area contributed by atoms with E-state index in [1.807, 2.05) is 20.8 Å². The van der Waals surface area contributed by atoms with Crippen LogP contribution >= 0.6 is 11.6 Å². The molecule has 0 aliphatic heterocycles. The molecule has 0 aliphatic carbocycles. The highest BCUT2D eigenvalue weighted by Crippen LogP contribution is 2.33. The quantitative estimate of drug-likeness (QED) is 0.910. The number of aromatic hydroxyl groups is 1. The van der Waals surface area contributed by atoms with E-state index in [4.69, 9.17) is 20.9 Å². The van der Waals surface area contributed by atoms with Crippen LogP contribution in [0, 0.1) is 0 Å². The standard InChI is InChI=1S/C14H17ClN2O3/c1-4-14(3,19-5-2)13-16-12(20-17-13)10-8-9(18)6-7-11(10)15/h6-8,18H,4-5H2,1-3H3. The SMILES string of the molecule is CCOC(C)(CC)c1noc(-c2cc(O)ccc2Cl)n1. The van der Waals surface area contributed by atoms with Crippen LogP contribution in [-0.2, 0) is 10.3 Å². The molecule has 20 heavy (non-hydrogen) atoms. The van der Waals surface area contributed by atoms with Crippen molar-refractivity contribution in [3.8, 4) is 17.2 Å². The predicted octanol–water partition coefficient (Wildman–Crippen LogP) is 3.76. The lowest BCUT2D eigenvalue weighted by Gasteiger charge is -2.23. The van der Waals surface area contributed by atoms with Crippen molar-refractivity contribution in [2.75, 3.05) is 6.61 Å². The zero-order chi connectivity index (χ0) is 14.8. The van der Waals surface area contributed by atoms with Gasteiger partial charge in [-0.15, -0.1) is 0 Å². The Morgan fingerprint density at radius 2 is 2.15 bits per heavy atom. The smallest absolute Gasteiger partial charge is 0.259 e. The number of hydrogen-bond acceptors (Lipinski definition) is 5. The van der Waals surface area contributed by atoms with Crippen LogP contribution in [0.1, 0.15) is 33.0 Å². The van der Waals surface area contributed by atoms with E-state index in [9.17, 15) is 5.11 Å². The van der Waals surface area contributed by atoms with Crippen LogP contribution in [-0.4, -0.2) is 21.9 Å². The van der Waals surface area contributed by atoms with Crippen LogP contribution in [0.3, 0.4) is 0 Å². The van der Waals surface area contributed by atoms with Gasteiger partial charge in [-0.1, -0.05) is 23.7 Å². The van der Waals surface area contributed by atoms with Crippen molar-refractivity contribution in [3.63, 3.8) is 0 Å². The first kappa shape index (κ1) is 14.8. The molecule has 1 aromatic heterocycles. The van der Waals surface area contributed by atoms with Crippen molar-refractivity contribution in [1.29, 1.82) is 0 Å². The van der Waals surface area contributed by atoms with Crippen molar-refractivity contribution < 1.29 is 14.4 Å². The zero-order valence-corrected chi connectivity index (χ0v) is 12.4. The van der Waals surface area contributed by atoms with Gasteiger partial charge < -0.3 is 14.4 Å². The zero-order valence-electron chi connectivity index (χ0n) is 11.7. The summed E-state index contributed by atoms with van der Waals surface area (Å²) in [5, 5.41) is 13.9. The van der Waals surface area contributed by atoms with Crippen molar-refractivity contribution in [2.24, 2.45) is 0 Å². The monoisotopic (exact) mass is 296 g/mol. The summed E-state index contributed by atoms with van der Waals surface area (Å²) in [5.41, 5.74) is -0.0971. The summed E-state index contributed by atoms with van der Waals surface area (Å²) in [6.07, 6.45) is 0.716. The summed E-state index contributed by atoms with van der Waals surface area (Å²) >= 11 is 6.08. The number of nitrogens with zero attached hydrogens (tertiary/aromatic N) is 2. The Bertz CT molecular complexity index is 600. The van der Waals surface area contributed by atoms with E-state index in [2.05, 4.69) is 10.1 Å². The van der Waals surface area contributed by atoms with E-state index in [1.165, 1.54) is 12.1 Å². The Labute approximate surface area is 122 Å². The molecule has 2 rings (SSSR count). The molecule has 1 atom stereocenters. The highest BCUT2D eigenvalue weighted by atomic mass is 35.5. The number of halogens is 1. The second kappa shape index (κ2) is 5.81. The second-order valence-electron chi connectivity index (χ2n) is 4.60. The summed E-state index contributed by atoms with van der Waals surface area (Å²) in [7, 11) is 0. The predicted molar refractivity (Wildman–Crippen MR) is 75.7 cm³/mol. The summed E-state index contributed by atoms with van der Waals surface area (Å²) in [6.45, 7) is 6.38. The molecular formula is C14H17ClN2O3. The minimum absolute atomic E-state index is 0.0900. The normalized spacial score (nSPS) is 14.2. The van der Waals surface area contributed by atoms with Crippen LogP contribution in [0.4, 0.5) is 0 Å². The van der Waals surface area contributed by atoms with Gasteiger partial charge in [0, 0.05) is 6.61 Å². The Morgan fingerprint density at radius 1 is 1.40 bits per heavy atom. The van der Waals surface area contributed by atoms with Crippen LogP contribution in [0.25, 0.3) is 11.5 Å². The molecule has 0 bridgehead atoms. The van der Waals surface area contributed by atoms with Gasteiger partial charge in [-0.05, 0) is 38.5 Å². The highest BCUT2D eigenvalue weighted by Gasteiger charge is 2.31. The summed E-state index contributed by atoms with van der Waals surface area (Å²) in [4.78, 5) is 4.35. The van der Waals surface area contributed by atoms with Crippen LogP contribution in [0.2, 0.25) is 5.02 Å². The first-order valence-corrected chi connectivity index (χ1v) is 6.85. The van der Waals surface area contributed by atoms with Crippen LogP contribution in [0.15, 0.2) is 22.7 Å². The van der Waals surface area contributed by atoms with Gasteiger partial charge in [0.25, 0.3) is 5.89 Å². The van der Waals surface area contributed by atoms with E-state index < -0.39 is 5.60 Å². The minimum atomic E-state index is -0.597. The average Bonchev–Trinajstić information content (AvgIpc) is 2.92. The third-order valence-corrected chi connectivity index (χ3v) is 3.55. The van der Waals surface area contributed by atoms with Crippen molar-refractivity contribution in [2.45, 2.75) is 32.8 Å². The van der Waals surface area contributed by atoms with E-state index in [0.29, 0.717) is 29.4 Å². The van der Waals surface area contributed by atoms with Gasteiger partial charge >= 0.3 is 0 Å². The molecule has 2 aromatic rings. The Kier molecular flexibility index (Phi) is 4.30. The van der Waals surface area contributed by atoms with Gasteiger partial charge in [0.1, 0.15) is 11.4 Å². The van der Waals surface area contributed by atoms with Gasteiger partial charge in [-0.2, -0.15) is 4.98 Å². The van der Waals surface area contributed by atoms with E-state index >= 15 is 0 Å². The summed E-state index contributed by atoms with van der Waals surface area (Å²) in [6, 6.07) is 4.57. The first-order valence-electron chi connectivity index (χ1n) is 6.47. The Hall–Kier alpha value is -1.59. The molecule has 0 radical (unpaired) electrons. The molecule has 0 saturated heterocycles. The highest BCUT2D eigenvalue weighted by molar-refractivity contribution is 6.33. The number of hydrogen-bond donors (Lipinski definition) is 1. The Balaban J connectivity index is 2.40. The maximum atomic E-state index is 9.52. The Morgan fingerprint density at radius 3 is 2.80 bits per heavy atom. The third kappa shape index (κ3) is 2.78. The largest absolute Gasteiger partial charge is 0.508 e. The van der Waals surface area contributed by atoms with Gasteiger partial charge in [-0.25, -0.2) is 0 Å². The molecule has 0 aliphatic rings. The fraction of sp³-hybridized carbons (Fsp3) is 0.429. The third-order valence-electron chi connectivity index (χ3n) is 3.22. The molecule has 1 heterocycles. The fourth-order valence-corrected chi connectivity index (χ4v) is 2.07. The van der Waals surface area contributed by atoms with E-state index in [-0.39, 0.29) is 11.6 Å². The fourth-order valence-electron chi connectivity index (χ4n) is 1.87. The molecule has 1 unspecified atom stereocenters. The topological polar surface area (TPSA) is 68.4 Å². The molecule has 0 saturated carbocycles. The second-order valence-corrected chi connectivity index (χ2v) is 5.01. The minimum Gasteiger partial charge on any atom is -0.508 e. The van der Waals surface area contributed by atoms with Crippen LogP contribution in [0.5, 0.6) is 5.75 Å². The number of benzene rings is 1. The van der Waals surface area contributed by atoms with Gasteiger partial charge in [0.05, 0.1) is 10.6 Å². The lowest BCUT2D eigenvalue weighted by molar-refractivity contribution is -0.0403. The number of ether oxygens (including phenoxy) is 1. The van der Waals surface area contributed by atoms with Crippen molar-refractivity contribution in [1.82, 2.24) is 10.1 Å². The van der Waals surface area contributed by atoms with Gasteiger partial charge in [0.15, 0.2) is 0 Å². The van der Waals surface area contributed by atoms with Crippen molar-refractivity contribution in [3.05, 3.63) is 29.0 Å². The summed E-state index contributed by atoms with van der Waals surface area (Å²) in [5.74, 6) is 0.823. The molecule has 0 amide bonds. The summed E-state index contributed by atoms with van der Waals surface area (Å²) < 4.78 is 10.9. The van der Waals surface area contributed by atoms with Crippen LogP contribution < -0.4 is 0 Å². The lowest BCUT2D eigenvalue weighted by atomic mass is 10.0. The number of aromatic nitrogens is 2. The molecule has 108 valence electrons. The molecule has 0 spiro atoms. The average molecular weight is 297 g/mol. The lowest BCUT2D eigenvalue weighted by Crippen LogP contribution is -2.26. The number of phenolic OH excluding ortho intramolecular Hbond substituents is 1. The van der Waals surface area contributed by atoms with E-state index in [0.717, 1.165) is 0 Å². The molecule has 0 fully saturated rings. The number of rotatable bonds is 5. The van der Waals surface area contributed by atoms with Gasteiger partial charge in [0.2, 0.25) is 5.82 Å². The molecule has 1 aromatic carbocycles. The molecule has 6 heteroatoms. The van der Waals surface area contributed by atoms with Gasteiger partial charge in [-0.3, -0.25) is 0 Å². The van der Waals surface area contributed by atoms with Crippen molar-refractivity contribution >= 4 is 11.6 Å². The maximum absolute atomic E-state index is 9.52. The maximum Gasteiger partial charge on any atom is 0.259 e. The van der Waals surface area contributed by atoms with E-state index in [1.54, 1.807) is 6.07 Å². The number of phenols is 1. The molecule has 5 nitrogen and oxygen atoms in total. The molecule has 1 N–H and O–H groups in total. The first-order chi connectivity index (χ1) is 9.50.